The molecule has 1 aromatic rings. The second kappa shape index (κ2) is 6.49. The van der Waals surface area contributed by atoms with Crippen molar-refractivity contribution in [2.75, 3.05) is 20.1 Å². The molecule has 2 unspecified atom stereocenters. The number of likely N-dealkylation sites (tertiary alicyclic amines) is 1. The van der Waals surface area contributed by atoms with Gasteiger partial charge in [-0.3, -0.25) is 9.88 Å². The van der Waals surface area contributed by atoms with E-state index in [0.717, 1.165) is 12.2 Å². The molecule has 1 N–H and O–H groups in total. The van der Waals surface area contributed by atoms with Gasteiger partial charge in [0.05, 0.1) is 0 Å². The van der Waals surface area contributed by atoms with Crippen molar-refractivity contribution in [2.24, 2.45) is 5.92 Å². The number of nitrogens with one attached hydrogen (secondary N) is 1. The normalized spacial score (nSPS) is 24.9. The average molecular weight is 261 g/mol. The minimum absolute atomic E-state index is 0.509. The lowest BCUT2D eigenvalue weighted by Crippen LogP contribution is -2.45. The van der Waals surface area contributed by atoms with Crippen LogP contribution in [0.25, 0.3) is 0 Å². The van der Waals surface area contributed by atoms with E-state index in [0.29, 0.717) is 18.0 Å². The largest absolute Gasteiger partial charge is 0.319 e. The molecule has 1 saturated heterocycles. The van der Waals surface area contributed by atoms with Crippen LogP contribution in [0, 0.1) is 12.8 Å². The highest BCUT2D eigenvalue weighted by atomic mass is 15.2. The first-order valence-corrected chi connectivity index (χ1v) is 7.46. The van der Waals surface area contributed by atoms with Crippen molar-refractivity contribution in [3.05, 3.63) is 29.6 Å². The SMILES string of the molecule is CNCC1CCCN(C(C)C)C1c1ccc(C)nc1. The molecule has 0 radical (unpaired) electrons. The standard InChI is InChI=1S/C16H27N3/c1-12(2)19-9-5-6-14(10-17-4)16(19)15-8-7-13(3)18-11-15/h7-8,11-12,14,16-17H,5-6,9-10H2,1-4H3. The molecule has 1 fully saturated rings. The molecule has 2 heterocycles. The Balaban J connectivity index is 2.28. The van der Waals surface area contributed by atoms with E-state index in [9.17, 15) is 0 Å². The summed E-state index contributed by atoms with van der Waals surface area (Å²) < 4.78 is 0. The Morgan fingerprint density at radius 2 is 2.21 bits per heavy atom. The summed E-state index contributed by atoms with van der Waals surface area (Å²) in [6.07, 6.45) is 4.69. The van der Waals surface area contributed by atoms with Gasteiger partial charge in [-0.15, -0.1) is 0 Å². The summed E-state index contributed by atoms with van der Waals surface area (Å²) in [5.74, 6) is 0.686. The van der Waals surface area contributed by atoms with Gasteiger partial charge in [0.1, 0.15) is 0 Å². The lowest BCUT2D eigenvalue weighted by atomic mass is 9.84. The molecule has 0 saturated carbocycles. The van der Waals surface area contributed by atoms with Crippen LogP contribution in [-0.4, -0.2) is 36.1 Å². The number of hydrogen-bond donors (Lipinski definition) is 1. The molecule has 2 atom stereocenters. The van der Waals surface area contributed by atoms with Gasteiger partial charge < -0.3 is 5.32 Å². The fourth-order valence-corrected chi connectivity index (χ4v) is 3.28. The van der Waals surface area contributed by atoms with E-state index in [1.54, 1.807) is 0 Å². The average Bonchev–Trinajstić information content (AvgIpc) is 2.40. The highest BCUT2D eigenvalue weighted by Crippen LogP contribution is 2.36. The predicted molar refractivity (Wildman–Crippen MR) is 80.2 cm³/mol. The summed E-state index contributed by atoms with van der Waals surface area (Å²) in [7, 11) is 2.05. The molecule has 0 aliphatic carbocycles. The molecular formula is C16H27N3. The smallest absolute Gasteiger partial charge is 0.0406 e. The van der Waals surface area contributed by atoms with Gasteiger partial charge in [0, 0.05) is 24.0 Å². The van der Waals surface area contributed by atoms with Crippen LogP contribution in [0.15, 0.2) is 18.3 Å². The second-order valence-corrected chi connectivity index (χ2v) is 5.97. The third-order valence-electron chi connectivity index (χ3n) is 4.20. The van der Waals surface area contributed by atoms with E-state index in [1.807, 2.05) is 0 Å². The third kappa shape index (κ3) is 3.34. The molecule has 19 heavy (non-hydrogen) atoms. The molecule has 2 rings (SSSR count). The molecule has 106 valence electrons. The van der Waals surface area contributed by atoms with Crippen molar-refractivity contribution in [3.8, 4) is 0 Å². The van der Waals surface area contributed by atoms with Crippen molar-refractivity contribution in [1.82, 2.24) is 15.2 Å². The van der Waals surface area contributed by atoms with Crippen molar-refractivity contribution in [1.29, 1.82) is 0 Å². The summed E-state index contributed by atoms with van der Waals surface area (Å²) in [5, 5.41) is 3.36. The van der Waals surface area contributed by atoms with Crippen LogP contribution >= 0.6 is 0 Å². The molecule has 0 spiro atoms. The van der Waals surface area contributed by atoms with E-state index >= 15 is 0 Å². The zero-order chi connectivity index (χ0) is 13.8. The van der Waals surface area contributed by atoms with Crippen LogP contribution in [-0.2, 0) is 0 Å². The van der Waals surface area contributed by atoms with Crippen molar-refractivity contribution in [3.63, 3.8) is 0 Å². The highest BCUT2D eigenvalue weighted by molar-refractivity contribution is 5.19. The van der Waals surface area contributed by atoms with E-state index < -0.39 is 0 Å². The molecular weight excluding hydrogens is 234 g/mol. The van der Waals surface area contributed by atoms with Crippen LogP contribution in [0.1, 0.15) is 44.0 Å². The van der Waals surface area contributed by atoms with Gasteiger partial charge in [-0.2, -0.15) is 0 Å². The summed E-state index contributed by atoms with van der Waals surface area (Å²) in [6, 6.07) is 5.50. The number of pyridine rings is 1. The molecule has 3 heteroatoms. The molecule has 0 aromatic carbocycles. The minimum atomic E-state index is 0.509. The molecule has 1 aliphatic rings. The molecule has 0 bridgehead atoms. The van der Waals surface area contributed by atoms with E-state index in [-0.39, 0.29) is 0 Å². The number of aryl methyl sites for hydroxylation is 1. The molecule has 1 aromatic heterocycles. The number of rotatable bonds is 4. The van der Waals surface area contributed by atoms with Gasteiger partial charge in [-0.05, 0) is 71.3 Å². The predicted octanol–water partition coefficient (Wildman–Crippen LogP) is 2.77. The van der Waals surface area contributed by atoms with Gasteiger partial charge in [-0.25, -0.2) is 0 Å². The summed E-state index contributed by atoms with van der Waals surface area (Å²) in [4.78, 5) is 7.13. The maximum atomic E-state index is 4.50. The van der Waals surface area contributed by atoms with Crippen molar-refractivity contribution in [2.45, 2.75) is 45.7 Å². The van der Waals surface area contributed by atoms with E-state index in [1.165, 1.54) is 24.9 Å². The fourth-order valence-electron chi connectivity index (χ4n) is 3.28. The summed E-state index contributed by atoms with van der Waals surface area (Å²) in [6.45, 7) is 8.95. The van der Waals surface area contributed by atoms with Crippen LogP contribution in [0.2, 0.25) is 0 Å². The third-order valence-corrected chi connectivity index (χ3v) is 4.20. The van der Waals surface area contributed by atoms with Gasteiger partial charge in [0.15, 0.2) is 0 Å². The Morgan fingerprint density at radius 1 is 1.42 bits per heavy atom. The minimum Gasteiger partial charge on any atom is -0.319 e. The van der Waals surface area contributed by atoms with Gasteiger partial charge >= 0.3 is 0 Å². The number of piperidine rings is 1. The zero-order valence-corrected chi connectivity index (χ0v) is 12.7. The van der Waals surface area contributed by atoms with Crippen LogP contribution in [0.4, 0.5) is 0 Å². The van der Waals surface area contributed by atoms with Crippen LogP contribution in [0.3, 0.4) is 0 Å². The quantitative estimate of drug-likeness (QED) is 0.903. The van der Waals surface area contributed by atoms with E-state index in [2.05, 4.69) is 61.3 Å². The van der Waals surface area contributed by atoms with Crippen molar-refractivity contribution >= 4 is 0 Å². The molecule has 3 nitrogen and oxygen atoms in total. The van der Waals surface area contributed by atoms with E-state index in [4.69, 9.17) is 0 Å². The summed E-state index contributed by atoms with van der Waals surface area (Å²) >= 11 is 0. The topological polar surface area (TPSA) is 28.2 Å². The summed E-state index contributed by atoms with van der Waals surface area (Å²) in [5.41, 5.74) is 2.47. The fraction of sp³-hybridized carbons (Fsp3) is 0.688. The lowest BCUT2D eigenvalue weighted by molar-refractivity contribution is 0.0634. The first kappa shape index (κ1) is 14.5. The van der Waals surface area contributed by atoms with Crippen LogP contribution < -0.4 is 5.32 Å². The molecule has 1 aliphatic heterocycles. The maximum absolute atomic E-state index is 4.50. The first-order valence-electron chi connectivity index (χ1n) is 7.46. The van der Waals surface area contributed by atoms with Gasteiger partial charge in [-0.1, -0.05) is 6.07 Å². The highest BCUT2D eigenvalue weighted by Gasteiger charge is 2.33. The maximum Gasteiger partial charge on any atom is 0.0406 e. The van der Waals surface area contributed by atoms with Gasteiger partial charge in [0.25, 0.3) is 0 Å². The monoisotopic (exact) mass is 261 g/mol. The Bertz CT molecular complexity index is 383. The van der Waals surface area contributed by atoms with Crippen molar-refractivity contribution < 1.29 is 0 Å². The number of hydrogen-bond acceptors (Lipinski definition) is 3. The zero-order valence-electron chi connectivity index (χ0n) is 12.7. The Labute approximate surface area is 117 Å². The Kier molecular flexibility index (Phi) is 4.94. The Hall–Kier alpha value is -0.930. The van der Waals surface area contributed by atoms with Gasteiger partial charge in [0.2, 0.25) is 0 Å². The Morgan fingerprint density at radius 3 is 2.79 bits per heavy atom. The second-order valence-electron chi connectivity index (χ2n) is 5.97. The number of nitrogens with zero attached hydrogens (tertiary/aromatic N) is 2. The first-order chi connectivity index (χ1) is 9.13. The lowest BCUT2D eigenvalue weighted by Gasteiger charge is -2.44. The van der Waals surface area contributed by atoms with Crippen LogP contribution in [0.5, 0.6) is 0 Å². The number of aromatic nitrogens is 1. The molecule has 0 amide bonds.